The monoisotopic (exact) mass is 420 g/mol. The number of ketones is 2. The molecule has 0 aliphatic rings. The smallest absolute Gasteiger partial charge is 0.277 e. The third-order valence-electron chi connectivity index (χ3n) is 4.08. The molecule has 0 aromatic heterocycles. The van der Waals surface area contributed by atoms with Gasteiger partial charge in [0.15, 0.2) is 11.6 Å². The summed E-state index contributed by atoms with van der Waals surface area (Å²) in [5, 5.41) is -2.94. The van der Waals surface area contributed by atoms with Gasteiger partial charge >= 0.3 is 0 Å². The van der Waals surface area contributed by atoms with Crippen molar-refractivity contribution in [2.45, 2.75) is 50.0 Å². The minimum absolute atomic E-state index is 0.00395. The molecule has 0 saturated heterocycles. The van der Waals surface area contributed by atoms with E-state index >= 15 is 0 Å². The lowest BCUT2D eigenvalue weighted by Gasteiger charge is -2.15. The SMILES string of the molecule is CCCC(C(=O)c1ccc(C(=O)C(CCC)S(=O)(=O)OC)cc1)S(=O)(=O)O. The molecule has 1 aromatic rings. The van der Waals surface area contributed by atoms with Gasteiger partial charge in [-0.15, -0.1) is 0 Å². The topological polar surface area (TPSA) is 132 Å². The molecule has 10 heteroatoms. The molecule has 152 valence electrons. The van der Waals surface area contributed by atoms with Gasteiger partial charge in [-0.05, 0) is 12.8 Å². The predicted molar refractivity (Wildman–Crippen MR) is 100.0 cm³/mol. The molecular weight excluding hydrogens is 396 g/mol. The molecule has 0 heterocycles. The van der Waals surface area contributed by atoms with Gasteiger partial charge in [-0.25, -0.2) is 0 Å². The molecule has 1 rings (SSSR count). The Kier molecular flexibility index (Phi) is 8.27. The molecule has 0 bridgehead atoms. The summed E-state index contributed by atoms with van der Waals surface area (Å²) in [7, 11) is -7.64. The van der Waals surface area contributed by atoms with Crippen LogP contribution in [-0.4, -0.2) is 50.6 Å². The van der Waals surface area contributed by atoms with Crippen LogP contribution < -0.4 is 0 Å². The highest BCUT2D eigenvalue weighted by Gasteiger charge is 2.34. The van der Waals surface area contributed by atoms with Gasteiger partial charge < -0.3 is 0 Å². The molecule has 2 atom stereocenters. The Morgan fingerprint density at radius 2 is 1.26 bits per heavy atom. The lowest BCUT2D eigenvalue weighted by Crippen LogP contribution is -2.31. The van der Waals surface area contributed by atoms with Crippen molar-refractivity contribution in [1.29, 1.82) is 0 Å². The third-order valence-corrected chi connectivity index (χ3v) is 6.86. The van der Waals surface area contributed by atoms with Gasteiger partial charge in [-0.3, -0.25) is 18.3 Å². The highest BCUT2D eigenvalue weighted by molar-refractivity contribution is 7.88. The highest BCUT2D eigenvalue weighted by Crippen LogP contribution is 2.19. The van der Waals surface area contributed by atoms with E-state index in [0.29, 0.717) is 12.8 Å². The Hall–Kier alpha value is -1.62. The zero-order valence-electron chi connectivity index (χ0n) is 15.4. The van der Waals surface area contributed by atoms with Gasteiger partial charge in [-0.1, -0.05) is 51.0 Å². The lowest BCUT2D eigenvalue weighted by atomic mass is 10.00. The summed E-state index contributed by atoms with van der Waals surface area (Å²) in [5.74, 6) is -1.45. The van der Waals surface area contributed by atoms with Crippen molar-refractivity contribution in [2.24, 2.45) is 0 Å². The van der Waals surface area contributed by atoms with Gasteiger partial charge in [0.2, 0.25) is 0 Å². The molecule has 8 nitrogen and oxygen atoms in total. The second-order valence-corrected chi connectivity index (χ2v) is 9.52. The maximum absolute atomic E-state index is 12.5. The van der Waals surface area contributed by atoms with E-state index in [1.807, 2.05) is 0 Å². The predicted octanol–water partition coefficient (Wildman–Crippen LogP) is 2.25. The second-order valence-electron chi connectivity index (χ2n) is 6.03. The summed E-state index contributed by atoms with van der Waals surface area (Å²) in [6.07, 6.45) is 0.864. The Labute approximate surface area is 159 Å². The number of hydrogen-bond acceptors (Lipinski definition) is 7. The zero-order chi connectivity index (χ0) is 20.8. The van der Waals surface area contributed by atoms with Crippen molar-refractivity contribution in [1.82, 2.24) is 0 Å². The number of hydrogen-bond donors (Lipinski definition) is 1. The Bertz CT molecular complexity index is 870. The Morgan fingerprint density at radius 1 is 0.889 bits per heavy atom. The maximum atomic E-state index is 12.5. The first-order valence-corrected chi connectivity index (χ1v) is 11.4. The summed E-state index contributed by atoms with van der Waals surface area (Å²) in [6, 6.07) is 5.00. The molecule has 1 N–H and O–H groups in total. The van der Waals surface area contributed by atoms with E-state index in [0.717, 1.165) is 7.11 Å². The molecule has 0 aliphatic carbocycles. The van der Waals surface area contributed by atoms with E-state index in [4.69, 9.17) is 0 Å². The number of carbonyl (C=O) groups is 2. The third kappa shape index (κ3) is 5.93. The first kappa shape index (κ1) is 23.4. The number of carbonyl (C=O) groups excluding carboxylic acids is 2. The van der Waals surface area contributed by atoms with Crippen molar-refractivity contribution in [2.75, 3.05) is 7.11 Å². The van der Waals surface area contributed by atoms with E-state index < -0.39 is 42.3 Å². The van der Waals surface area contributed by atoms with Gasteiger partial charge in [0, 0.05) is 11.1 Å². The molecular formula is C17H24O8S2. The average Bonchev–Trinajstić information content (AvgIpc) is 2.62. The van der Waals surface area contributed by atoms with Crippen LogP contribution in [0.5, 0.6) is 0 Å². The van der Waals surface area contributed by atoms with Crippen molar-refractivity contribution < 1.29 is 35.2 Å². The van der Waals surface area contributed by atoms with E-state index in [-0.39, 0.29) is 24.0 Å². The highest BCUT2D eigenvalue weighted by atomic mass is 32.2. The fourth-order valence-electron chi connectivity index (χ4n) is 2.63. The minimum atomic E-state index is -4.56. The average molecular weight is 421 g/mol. The van der Waals surface area contributed by atoms with Crippen LogP contribution in [0, 0.1) is 0 Å². The fourth-order valence-corrected chi connectivity index (χ4v) is 4.73. The molecule has 1 aromatic carbocycles. The summed E-state index contributed by atoms with van der Waals surface area (Å²) >= 11 is 0. The summed E-state index contributed by atoms with van der Waals surface area (Å²) < 4.78 is 60.5. The number of benzene rings is 1. The minimum Gasteiger partial charge on any atom is -0.293 e. The largest absolute Gasteiger partial charge is 0.293 e. The Balaban J connectivity index is 3.17. The van der Waals surface area contributed by atoms with Crippen molar-refractivity contribution in [3.8, 4) is 0 Å². The molecule has 0 radical (unpaired) electrons. The van der Waals surface area contributed by atoms with Crippen molar-refractivity contribution in [3.63, 3.8) is 0 Å². The van der Waals surface area contributed by atoms with E-state index in [9.17, 15) is 31.0 Å². The first-order chi connectivity index (χ1) is 12.5. The summed E-state index contributed by atoms with van der Waals surface area (Å²) in [4.78, 5) is 24.9. The number of rotatable bonds is 11. The van der Waals surface area contributed by atoms with Crippen LogP contribution in [-0.2, 0) is 24.4 Å². The fraction of sp³-hybridized carbons (Fsp3) is 0.529. The molecule has 0 saturated carbocycles. The lowest BCUT2D eigenvalue weighted by molar-refractivity contribution is 0.0968. The molecule has 2 unspecified atom stereocenters. The van der Waals surface area contributed by atoms with E-state index in [1.165, 1.54) is 24.3 Å². The van der Waals surface area contributed by atoms with E-state index in [2.05, 4.69) is 4.18 Å². The van der Waals surface area contributed by atoms with Crippen LogP contribution in [0.1, 0.15) is 60.2 Å². The zero-order valence-corrected chi connectivity index (χ0v) is 17.0. The van der Waals surface area contributed by atoms with Gasteiger partial charge in [-0.2, -0.15) is 16.8 Å². The van der Waals surface area contributed by atoms with Crippen LogP contribution >= 0.6 is 0 Å². The van der Waals surface area contributed by atoms with Crippen molar-refractivity contribution in [3.05, 3.63) is 35.4 Å². The van der Waals surface area contributed by atoms with Gasteiger partial charge in [0.25, 0.3) is 20.2 Å². The first-order valence-electron chi connectivity index (χ1n) is 8.43. The summed E-state index contributed by atoms with van der Waals surface area (Å²) in [5.41, 5.74) is 0.0637. The van der Waals surface area contributed by atoms with Crippen LogP contribution in [0.4, 0.5) is 0 Å². The normalized spacial score (nSPS) is 14.5. The van der Waals surface area contributed by atoms with Crippen molar-refractivity contribution >= 4 is 31.8 Å². The molecule has 0 fully saturated rings. The molecule has 0 amide bonds. The van der Waals surface area contributed by atoms with Gasteiger partial charge in [0.1, 0.15) is 10.5 Å². The van der Waals surface area contributed by atoms with Crippen LogP contribution in [0.2, 0.25) is 0 Å². The molecule has 0 aliphatic heterocycles. The Morgan fingerprint density at radius 3 is 1.59 bits per heavy atom. The van der Waals surface area contributed by atoms with Crippen LogP contribution in [0.15, 0.2) is 24.3 Å². The van der Waals surface area contributed by atoms with Gasteiger partial charge in [0.05, 0.1) is 7.11 Å². The number of Topliss-reactive ketones (excluding diaryl/α,β-unsaturated/α-hetero) is 2. The van der Waals surface area contributed by atoms with E-state index in [1.54, 1.807) is 13.8 Å². The molecule has 0 spiro atoms. The second kappa shape index (κ2) is 9.54. The standard InChI is InChI=1S/C17H24O8S2/c1-4-6-14(26(20,21)22)16(18)12-8-10-13(11-9-12)17(19)15(7-5-2)27(23,24)25-3/h8-11,14-15H,4-7H2,1-3H3,(H,20,21,22). The quantitative estimate of drug-likeness (QED) is 0.327. The maximum Gasteiger partial charge on any atom is 0.277 e. The summed E-state index contributed by atoms with van der Waals surface area (Å²) in [6.45, 7) is 3.41. The van der Waals surface area contributed by atoms with Crippen LogP contribution in [0.25, 0.3) is 0 Å². The van der Waals surface area contributed by atoms with Crippen LogP contribution in [0.3, 0.4) is 0 Å². The molecule has 27 heavy (non-hydrogen) atoms.